The zero-order valence-corrected chi connectivity index (χ0v) is 16.5. The summed E-state index contributed by atoms with van der Waals surface area (Å²) in [4.78, 5) is 11.4. The predicted molar refractivity (Wildman–Crippen MR) is 95.1 cm³/mol. The smallest absolute Gasteiger partial charge is 0.187 e. The Kier molecular flexibility index (Phi) is 5.53. The molecule has 2 aliphatic heterocycles. The Morgan fingerprint density at radius 1 is 1.14 bits per heavy atom. The van der Waals surface area contributed by atoms with Crippen molar-refractivity contribution in [1.82, 2.24) is 0 Å². The van der Waals surface area contributed by atoms with Crippen LogP contribution in [-0.4, -0.2) is 92.0 Å². The minimum atomic E-state index is -1.56. The van der Waals surface area contributed by atoms with Gasteiger partial charge in [-0.2, -0.15) is 0 Å². The minimum Gasteiger partial charge on any atom is -0.394 e. The van der Waals surface area contributed by atoms with Gasteiger partial charge in [0.15, 0.2) is 12.1 Å². The Balaban J connectivity index is 1.80. The average molecular weight is 402 g/mol. The summed E-state index contributed by atoms with van der Waals surface area (Å²) < 4.78 is 17.1. The van der Waals surface area contributed by atoms with Crippen LogP contribution in [0.2, 0.25) is 0 Å². The number of aliphatic hydroxyl groups excluding tert-OH is 5. The van der Waals surface area contributed by atoms with Gasteiger partial charge in [-0.1, -0.05) is 13.8 Å². The number of aliphatic hydroxyl groups is 5. The van der Waals surface area contributed by atoms with E-state index in [1.807, 2.05) is 13.8 Å². The highest BCUT2D eigenvalue weighted by molar-refractivity contribution is 5.87. The fourth-order valence-electron chi connectivity index (χ4n) is 4.65. The van der Waals surface area contributed by atoms with Crippen molar-refractivity contribution >= 4 is 5.78 Å². The maximum absolute atomic E-state index is 11.4. The molecule has 0 bridgehead atoms. The van der Waals surface area contributed by atoms with Gasteiger partial charge in [-0.15, -0.1) is 0 Å². The molecule has 0 radical (unpaired) electrons. The Morgan fingerprint density at radius 2 is 1.79 bits per heavy atom. The quantitative estimate of drug-likeness (QED) is 0.277. The fourth-order valence-corrected chi connectivity index (χ4v) is 4.65. The number of ether oxygens (including phenoxy) is 3. The lowest BCUT2D eigenvalue weighted by molar-refractivity contribution is -0.322. The van der Waals surface area contributed by atoms with Gasteiger partial charge in [0.1, 0.15) is 41.7 Å². The summed E-state index contributed by atoms with van der Waals surface area (Å²) >= 11 is 0. The molecule has 0 amide bonds. The maximum Gasteiger partial charge on any atom is 0.187 e. The van der Waals surface area contributed by atoms with E-state index >= 15 is 0 Å². The predicted octanol–water partition coefficient (Wildman–Crippen LogP) is -1.36. The molecule has 0 aromatic rings. The van der Waals surface area contributed by atoms with Crippen molar-refractivity contribution in [2.45, 2.75) is 88.2 Å². The molecule has 9 atom stereocenters. The van der Waals surface area contributed by atoms with Crippen molar-refractivity contribution in [3.63, 3.8) is 0 Å². The zero-order chi connectivity index (χ0) is 21.1. The summed E-state index contributed by atoms with van der Waals surface area (Å²) in [5.41, 5.74) is -2.36. The van der Waals surface area contributed by atoms with Crippen molar-refractivity contribution in [3.8, 4) is 0 Å². The van der Waals surface area contributed by atoms with Crippen molar-refractivity contribution in [3.05, 3.63) is 12.2 Å². The Bertz CT molecular complexity index is 647. The Labute approximate surface area is 163 Å². The van der Waals surface area contributed by atoms with E-state index in [0.29, 0.717) is 6.42 Å². The van der Waals surface area contributed by atoms with Crippen LogP contribution in [0.3, 0.4) is 0 Å². The first kappa shape index (κ1) is 21.8. The van der Waals surface area contributed by atoms with Gasteiger partial charge in [0.25, 0.3) is 0 Å². The van der Waals surface area contributed by atoms with Crippen LogP contribution in [0.25, 0.3) is 0 Å². The van der Waals surface area contributed by atoms with Gasteiger partial charge in [0.2, 0.25) is 0 Å². The number of epoxide rings is 1. The molecule has 0 unspecified atom stereocenters. The molecule has 3 fully saturated rings. The van der Waals surface area contributed by atoms with Crippen LogP contribution in [0, 0.1) is 5.41 Å². The van der Waals surface area contributed by atoms with Gasteiger partial charge < -0.3 is 39.7 Å². The number of hydrogen-bond acceptors (Lipinski definition) is 9. The molecule has 0 aromatic carbocycles. The number of fused-ring (bicyclic) bond motifs is 1. The highest BCUT2D eigenvalue weighted by Crippen LogP contribution is 2.66. The number of hydrogen-bond donors (Lipinski definition) is 5. The van der Waals surface area contributed by atoms with Gasteiger partial charge in [0.05, 0.1) is 12.7 Å². The summed E-state index contributed by atoms with van der Waals surface area (Å²) in [5.74, 6) is -0.128. The molecule has 28 heavy (non-hydrogen) atoms. The molecule has 9 nitrogen and oxygen atoms in total. The third kappa shape index (κ3) is 3.14. The first-order valence-corrected chi connectivity index (χ1v) is 9.44. The summed E-state index contributed by atoms with van der Waals surface area (Å²) in [6, 6.07) is 0. The highest BCUT2D eigenvalue weighted by Gasteiger charge is 2.79. The molecule has 0 spiro atoms. The van der Waals surface area contributed by atoms with Crippen molar-refractivity contribution < 1.29 is 44.5 Å². The van der Waals surface area contributed by atoms with Crippen LogP contribution in [0.4, 0.5) is 0 Å². The summed E-state index contributed by atoms with van der Waals surface area (Å²) in [6.45, 7) is 6.45. The molecule has 5 N–H and O–H groups in total. The molecule has 2 saturated heterocycles. The molecule has 9 heteroatoms. The van der Waals surface area contributed by atoms with Crippen LogP contribution < -0.4 is 0 Å². The molecular formula is C19H30O9. The first-order chi connectivity index (χ1) is 12.9. The maximum atomic E-state index is 11.4. The van der Waals surface area contributed by atoms with E-state index in [-0.39, 0.29) is 5.78 Å². The van der Waals surface area contributed by atoms with Gasteiger partial charge >= 0.3 is 0 Å². The van der Waals surface area contributed by atoms with Gasteiger partial charge in [-0.05, 0) is 32.4 Å². The van der Waals surface area contributed by atoms with E-state index < -0.39 is 66.1 Å². The topological polar surface area (TPSA) is 149 Å². The standard InChI is InChI=1S/C19H30O9/c1-9(21)5-6-19-17(2,3)7-10(15(25)18(19,4)28-19)26-16-14(24)13(23)12(22)11(8-20)27-16/h5-6,10-16,20,22-25H,7-8H2,1-4H3/b6-5+/t10-,11+,12+,13-,14+,15-,16+,18-,19+/m0/s1. The number of allylic oxidation sites excluding steroid dienone is 1. The lowest BCUT2D eigenvalue weighted by atomic mass is 9.62. The van der Waals surface area contributed by atoms with Gasteiger partial charge in [0, 0.05) is 5.41 Å². The second-order valence-electron chi connectivity index (χ2n) is 8.79. The van der Waals surface area contributed by atoms with Crippen molar-refractivity contribution in [2.75, 3.05) is 6.61 Å². The third-order valence-electron chi connectivity index (χ3n) is 6.41. The van der Waals surface area contributed by atoms with Crippen LogP contribution in [0.1, 0.15) is 34.1 Å². The summed E-state index contributed by atoms with van der Waals surface area (Å²) in [5, 5.41) is 50.2. The molecule has 1 aliphatic carbocycles. The van der Waals surface area contributed by atoms with Crippen LogP contribution >= 0.6 is 0 Å². The zero-order valence-electron chi connectivity index (χ0n) is 16.5. The summed E-state index contributed by atoms with van der Waals surface area (Å²) in [7, 11) is 0. The molecule has 0 aromatic heterocycles. The van der Waals surface area contributed by atoms with Gasteiger partial charge in [-0.3, -0.25) is 4.79 Å². The minimum absolute atomic E-state index is 0.128. The van der Waals surface area contributed by atoms with E-state index in [9.17, 15) is 30.3 Å². The molecule has 1 saturated carbocycles. The number of ketones is 1. The van der Waals surface area contributed by atoms with E-state index in [1.165, 1.54) is 13.0 Å². The van der Waals surface area contributed by atoms with E-state index in [2.05, 4.69) is 0 Å². The van der Waals surface area contributed by atoms with E-state index in [0.717, 1.165) is 0 Å². The fraction of sp³-hybridized carbons (Fsp3) is 0.842. The lowest BCUT2D eigenvalue weighted by Gasteiger charge is -2.46. The van der Waals surface area contributed by atoms with E-state index in [4.69, 9.17) is 14.2 Å². The van der Waals surface area contributed by atoms with Gasteiger partial charge in [-0.25, -0.2) is 0 Å². The normalized spacial score (nSPS) is 50.4. The third-order valence-corrected chi connectivity index (χ3v) is 6.41. The molecule has 3 aliphatic rings. The van der Waals surface area contributed by atoms with Crippen molar-refractivity contribution in [2.24, 2.45) is 5.41 Å². The SMILES string of the molecule is CC(=O)/C=C/[C@]12O[C@@]1(C)[C@@H](O)[C@@H](O[C@@H]1O[C@H](CO)[C@@H](O)[C@H](O)[C@H]1O)CC2(C)C. The Morgan fingerprint density at radius 3 is 2.36 bits per heavy atom. The molecule has 3 rings (SSSR count). The number of rotatable bonds is 5. The van der Waals surface area contributed by atoms with Crippen LogP contribution in [-0.2, 0) is 19.0 Å². The van der Waals surface area contributed by atoms with Crippen molar-refractivity contribution in [1.29, 1.82) is 0 Å². The van der Waals surface area contributed by atoms with Crippen LogP contribution in [0.15, 0.2) is 12.2 Å². The number of carbonyl (C=O) groups is 1. The lowest BCUT2D eigenvalue weighted by Crippen LogP contribution is -2.62. The Hall–Kier alpha value is -0.910. The van der Waals surface area contributed by atoms with Crippen LogP contribution in [0.5, 0.6) is 0 Å². The largest absolute Gasteiger partial charge is 0.394 e. The first-order valence-electron chi connectivity index (χ1n) is 9.44. The second-order valence-corrected chi connectivity index (χ2v) is 8.79. The summed E-state index contributed by atoms with van der Waals surface area (Å²) in [6.07, 6.45) is -5.49. The highest BCUT2D eigenvalue weighted by atomic mass is 16.7. The van der Waals surface area contributed by atoms with E-state index in [1.54, 1.807) is 13.0 Å². The molecular weight excluding hydrogens is 372 g/mol. The number of carbonyl (C=O) groups excluding carboxylic acids is 1. The molecule has 160 valence electrons. The monoisotopic (exact) mass is 402 g/mol. The molecule has 2 heterocycles. The second kappa shape index (κ2) is 7.10. The average Bonchev–Trinajstić information content (AvgIpc) is 3.27.